The van der Waals surface area contributed by atoms with Crippen LogP contribution < -0.4 is 21.5 Å². The largest absolute Gasteiger partial charge is 0.480 e. The Morgan fingerprint density at radius 1 is 1.43 bits per heavy atom. The molecule has 0 bridgehead atoms. The van der Waals surface area contributed by atoms with Gasteiger partial charge in [-0.2, -0.15) is 0 Å². The monoisotopic (exact) mass is 293 g/mol. The second-order valence-electron chi connectivity index (χ2n) is 4.88. The van der Waals surface area contributed by atoms with Gasteiger partial charge in [0.2, 0.25) is 11.7 Å². The first-order valence-corrected chi connectivity index (χ1v) is 6.67. The number of nitrogens with one attached hydrogen (secondary N) is 2. The van der Waals surface area contributed by atoms with Crippen LogP contribution in [0.15, 0.2) is 23.0 Å². The molecular formula is C12H19N7O2. The van der Waals surface area contributed by atoms with Gasteiger partial charge in [-0.25, -0.2) is 4.99 Å². The van der Waals surface area contributed by atoms with Crippen molar-refractivity contribution in [2.45, 2.75) is 5.79 Å². The Hall–Kier alpha value is -2.26. The fraction of sp³-hybridized carbons (Fsp3) is 0.500. The fourth-order valence-corrected chi connectivity index (χ4v) is 2.34. The number of methoxy groups -OCH3 is 1. The summed E-state index contributed by atoms with van der Waals surface area (Å²) in [6.45, 7) is 2.89. The number of aromatic amines is 1. The third-order valence-corrected chi connectivity index (χ3v) is 3.43. The lowest BCUT2D eigenvalue weighted by Gasteiger charge is -2.38. The number of hydrogen-bond acceptors (Lipinski definition) is 8. The number of hydrogen-bond donors (Lipinski definition) is 4. The summed E-state index contributed by atoms with van der Waals surface area (Å²) in [5.41, 5.74) is 12.8. The first kappa shape index (κ1) is 13.7. The predicted octanol–water partition coefficient (Wildman–Crippen LogP) is -1.38. The lowest BCUT2D eigenvalue weighted by Crippen LogP contribution is -2.56. The second-order valence-corrected chi connectivity index (χ2v) is 4.88. The lowest BCUT2D eigenvalue weighted by molar-refractivity contribution is 0.0471. The Bertz CT molecular complexity index is 576. The van der Waals surface area contributed by atoms with Crippen LogP contribution in [0.25, 0.3) is 0 Å². The summed E-state index contributed by atoms with van der Waals surface area (Å²) in [6.07, 6.45) is 1.77. The van der Waals surface area contributed by atoms with Gasteiger partial charge >= 0.3 is 0 Å². The summed E-state index contributed by atoms with van der Waals surface area (Å²) in [6, 6.07) is 1.69. The number of ether oxygens (including phenoxy) is 2. The number of morpholine rings is 1. The summed E-state index contributed by atoms with van der Waals surface area (Å²) in [4.78, 5) is 6.40. The molecule has 1 saturated heterocycles. The standard InChI is InChI=1S/C12H19N7O2/c1-20-11-6-8(17-18-11)12(14)15-9(13)7-10(16-12)19-2-4-21-5-3-19/h6-7,16H,2-5,14H2,1H3,(H2,13,15)(H,17,18). The summed E-state index contributed by atoms with van der Waals surface area (Å²) in [5, 5.41) is 10.0. The van der Waals surface area contributed by atoms with Crippen molar-refractivity contribution in [3.05, 3.63) is 23.7 Å². The summed E-state index contributed by atoms with van der Waals surface area (Å²) >= 11 is 0. The van der Waals surface area contributed by atoms with Gasteiger partial charge in [0.1, 0.15) is 17.4 Å². The van der Waals surface area contributed by atoms with Crippen molar-refractivity contribution in [3.8, 4) is 5.88 Å². The molecule has 6 N–H and O–H groups in total. The molecule has 2 aliphatic heterocycles. The van der Waals surface area contributed by atoms with Gasteiger partial charge in [0, 0.05) is 25.2 Å². The summed E-state index contributed by atoms with van der Waals surface area (Å²) in [7, 11) is 1.54. The highest BCUT2D eigenvalue weighted by Gasteiger charge is 2.34. The number of amidine groups is 1. The maximum Gasteiger partial charge on any atom is 0.232 e. The van der Waals surface area contributed by atoms with Crippen molar-refractivity contribution in [2.24, 2.45) is 16.5 Å². The number of rotatable bonds is 3. The SMILES string of the molecule is COc1cc(C2(N)N=C(N)C=C(N3CCOCC3)N2)[nH]n1. The van der Waals surface area contributed by atoms with Crippen molar-refractivity contribution in [1.29, 1.82) is 0 Å². The van der Waals surface area contributed by atoms with Crippen LogP contribution >= 0.6 is 0 Å². The molecule has 1 fully saturated rings. The van der Waals surface area contributed by atoms with Crippen molar-refractivity contribution in [2.75, 3.05) is 33.4 Å². The van der Waals surface area contributed by atoms with Gasteiger partial charge in [-0.3, -0.25) is 10.8 Å². The molecule has 0 amide bonds. The molecule has 114 valence electrons. The van der Waals surface area contributed by atoms with Gasteiger partial charge in [-0.05, 0) is 0 Å². The molecule has 0 radical (unpaired) electrons. The molecule has 9 heteroatoms. The van der Waals surface area contributed by atoms with Crippen LogP contribution in [0, 0.1) is 0 Å². The summed E-state index contributed by atoms with van der Waals surface area (Å²) in [5.74, 6) is 0.414. The van der Waals surface area contributed by atoms with Crippen molar-refractivity contribution in [1.82, 2.24) is 20.4 Å². The predicted molar refractivity (Wildman–Crippen MR) is 76.2 cm³/mol. The Kier molecular flexibility index (Phi) is 3.43. The van der Waals surface area contributed by atoms with Crippen molar-refractivity contribution >= 4 is 5.84 Å². The normalized spacial score (nSPS) is 25.9. The highest BCUT2D eigenvalue weighted by Crippen LogP contribution is 2.23. The Morgan fingerprint density at radius 2 is 2.19 bits per heavy atom. The van der Waals surface area contributed by atoms with E-state index in [0.717, 1.165) is 18.9 Å². The first-order valence-electron chi connectivity index (χ1n) is 6.67. The molecule has 0 aliphatic carbocycles. The zero-order valence-electron chi connectivity index (χ0n) is 11.8. The average Bonchev–Trinajstić information content (AvgIpc) is 2.97. The van der Waals surface area contributed by atoms with Crippen LogP contribution in [0.5, 0.6) is 5.88 Å². The van der Waals surface area contributed by atoms with Gasteiger partial charge in [0.15, 0.2) is 0 Å². The van der Waals surface area contributed by atoms with Gasteiger partial charge in [-0.1, -0.05) is 0 Å². The maximum atomic E-state index is 6.33. The zero-order chi connectivity index (χ0) is 14.9. The maximum absolute atomic E-state index is 6.33. The molecule has 3 rings (SSSR count). The van der Waals surface area contributed by atoms with E-state index in [1.807, 2.05) is 0 Å². The first-order chi connectivity index (χ1) is 10.1. The quantitative estimate of drug-likeness (QED) is 0.541. The highest BCUT2D eigenvalue weighted by molar-refractivity contribution is 5.93. The van der Waals surface area contributed by atoms with Crippen molar-refractivity contribution < 1.29 is 9.47 Å². The van der Waals surface area contributed by atoms with E-state index in [4.69, 9.17) is 20.9 Å². The molecule has 21 heavy (non-hydrogen) atoms. The third-order valence-electron chi connectivity index (χ3n) is 3.43. The topological polar surface area (TPSA) is 127 Å². The number of aliphatic imine (C=N–C) groups is 1. The van der Waals surface area contributed by atoms with Crippen LogP contribution in [-0.4, -0.2) is 54.3 Å². The molecule has 0 spiro atoms. The molecule has 9 nitrogen and oxygen atoms in total. The highest BCUT2D eigenvalue weighted by atomic mass is 16.5. The average molecular weight is 293 g/mol. The van der Waals surface area contributed by atoms with Crippen LogP contribution in [0.2, 0.25) is 0 Å². The second kappa shape index (κ2) is 5.26. The third kappa shape index (κ3) is 2.65. The minimum atomic E-state index is -1.20. The molecule has 1 aromatic rings. The zero-order valence-corrected chi connectivity index (χ0v) is 11.8. The minimum Gasteiger partial charge on any atom is -0.480 e. The summed E-state index contributed by atoms with van der Waals surface area (Å²) < 4.78 is 10.4. The molecule has 3 heterocycles. The molecule has 1 aromatic heterocycles. The van der Waals surface area contributed by atoms with Gasteiger partial charge < -0.3 is 25.4 Å². The Balaban J connectivity index is 1.86. The van der Waals surface area contributed by atoms with Gasteiger partial charge in [-0.15, -0.1) is 5.10 Å². The Morgan fingerprint density at radius 3 is 2.86 bits per heavy atom. The molecule has 2 aliphatic rings. The van der Waals surface area contributed by atoms with E-state index in [2.05, 4.69) is 25.4 Å². The Labute approximate surface area is 122 Å². The smallest absolute Gasteiger partial charge is 0.232 e. The fourth-order valence-electron chi connectivity index (χ4n) is 2.34. The van der Waals surface area contributed by atoms with Crippen LogP contribution in [0.1, 0.15) is 5.69 Å². The number of aromatic nitrogens is 2. The van der Waals surface area contributed by atoms with Crippen molar-refractivity contribution in [3.63, 3.8) is 0 Å². The molecule has 1 atom stereocenters. The van der Waals surface area contributed by atoms with Crippen LogP contribution in [0.4, 0.5) is 0 Å². The van der Waals surface area contributed by atoms with E-state index < -0.39 is 5.79 Å². The number of nitrogens with two attached hydrogens (primary N) is 2. The van der Waals surface area contributed by atoms with E-state index in [-0.39, 0.29) is 0 Å². The van der Waals surface area contributed by atoms with Gasteiger partial charge in [0.25, 0.3) is 0 Å². The van der Waals surface area contributed by atoms with E-state index in [1.54, 1.807) is 12.1 Å². The van der Waals surface area contributed by atoms with E-state index in [0.29, 0.717) is 30.6 Å². The minimum absolute atomic E-state index is 0.353. The molecule has 0 aromatic carbocycles. The van der Waals surface area contributed by atoms with Crippen LogP contribution in [-0.2, 0) is 10.5 Å². The number of H-pyrrole nitrogens is 1. The van der Waals surface area contributed by atoms with Crippen LogP contribution in [0.3, 0.4) is 0 Å². The number of nitrogens with zero attached hydrogens (tertiary/aromatic N) is 3. The lowest BCUT2D eigenvalue weighted by atomic mass is 10.2. The molecular weight excluding hydrogens is 274 g/mol. The van der Waals surface area contributed by atoms with E-state index >= 15 is 0 Å². The van der Waals surface area contributed by atoms with E-state index in [1.165, 1.54) is 7.11 Å². The van der Waals surface area contributed by atoms with E-state index in [9.17, 15) is 0 Å². The van der Waals surface area contributed by atoms with Gasteiger partial charge in [0.05, 0.1) is 20.3 Å². The molecule has 1 unspecified atom stereocenters. The molecule has 0 saturated carbocycles.